The summed E-state index contributed by atoms with van der Waals surface area (Å²) < 4.78 is 0. The van der Waals surface area contributed by atoms with Gasteiger partial charge in [0.05, 0.1) is 11.4 Å². The quantitative estimate of drug-likeness (QED) is 0.412. The molecule has 0 radical (unpaired) electrons. The minimum absolute atomic E-state index is 0.434. The van der Waals surface area contributed by atoms with Crippen molar-refractivity contribution in [1.82, 2.24) is 0 Å². The third-order valence-corrected chi connectivity index (χ3v) is 0.901. The molecule has 0 aromatic carbocycles. The van der Waals surface area contributed by atoms with Crippen molar-refractivity contribution in [3.8, 4) is 0 Å². The summed E-state index contributed by atoms with van der Waals surface area (Å²) in [5.41, 5.74) is 4.62. The summed E-state index contributed by atoms with van der Waals surface area (Å²) in [7, 11) is 1.61. The normalized spacial score (nSPS) is 14.0. The van der Waals surface area contributed by atoms with E-state index in [1.54, 1.807) is 20.9 Å². The Bertz CT molecular complexity index is 113. The van der Waals surface area contributed by atoms with Crippen LogP contribution in [0.15, 0.2) is 4.99 Å². The van der Waals surface area contributed by atoms with E-state index in [2.05, 4.69) is 4.99 Å². The van der Waals surface area contributed by atoms with Crippen LogP contribution in [-0.4, -0.2) is 23.6 Å². The van der Waals surface area contributed by atoms with Crippen molar-refractivity contribution in [2.45, 2.75) is 25.9 Å². The Morgan fingerprint density at radius 1 is 1.67 bits per heavy atom. The zero-order valence-corrected chi connectivity index (χ0v) is 6.18. The molecule has 3 heteroatoms. The third kappa shape index (κ3) is 5.30. The summed E-state index contributed by atoms with van der Waals surface area (Å²) in [6.07, 6.45) is 0.434. The lowest BCUT2D eigenvalue weighted by Gasteiger charge is -2.15. The van der Waals surface area contributed by atoms with Gasteiger partial charge in [-0.1, -0.05) is 0 Å². The maximum Gasteiger partial charge on any atom is 0.0962 e. The van der Waals surface area contributed by atoms with E-state index in [1.807, 2.05) is 0 Å². The molecule has 0 aliphatic rings. The van der Waals surface area contributed by atoms with Crippen molar-refractivity contribution < 1.29 is 5.11 Å². The number of rotatable bonds is 2. The average molecular weight is 130 g/mol. The highest BCUT2D eigenvalue weighted by molar-refractivity contribution is 5.80. The Morgan fingerprint density at radius 3 is 2.22 bits per heavy atom. The van der Waals surface area contributed by atoms with E-state index in [4.69, 9.17) is 10.8 Å². The number of aliphatic imine (C=N–C) groups is 1. The Hall–Kier alpha value is -0.570. The van der Waals surface area contributed by atoms with Gasteiger partial charge in [-0.2, -0.15) is 0 Å². The third-order valence-electron chi connectivity index (χ3n) is 0.901. The van der Waals surface area contributed by atoms with Crippen LogP contribution in [0.3, 0.4) is 0 Å². The predicted octanol–water partition coefficient (Wildman–Crippen LogP) is 0.134. The maximum atomic E-state index is 9.16. The van der Waals surface area contributed by atoms with Gasteiger partial charge in [-0.25, -0.2) is 0 Å². The second kappa shape index (κ2) is 2.82. The van der Waals surface area contributed by atoms with Crippen LogP contribution < -0.4 is 5.73 Å². The van der Waals surface area contributed by atoms with Gasteiger partial charge in [0.25, 0.3) is 0 Å². The molecule has 0 saturated heterocycles. The van der Waals surface area contributed by atoms with Crippen LogP contribution in [0.4, 0.5) is 0 Å². The molecule has 0 unspecified atom stereocenters. The highest BCUT2D eigenvalue weighted by Gasteiger charge is 2.13. The molecule has 0 bridgehead atoms. The molecule has 0 aliphatic heterocycles. The monoisotopic (exact) mass is 130 g/mol. The first-order chi connectivity index (χ1) is 3.95. The SMILES string of the molecule is CN=C(N)CC(C)(C)O. The van der Waals surface area contributed by atoms with Crippen LogP contribution in [0.2, 0.25) is 0 Å². The van der Waals surface area contributed by atoms with Gasteiger partial charge in [-0.3, -0.25) is 4.99 Å². The summed E-state index contributed by atoms with van der Waals surface area (Å²) >= 11 is 0. The number of nitrogens with zero attached hydrogens (tertiary/aromatic N) is 1. The maximum absolute atomic E-state index is 9.16. The van der Waals surface area contributed by atoms with Crippen LogP contribution in [0.5, 0.6) is 0 Å². The molecule has 0 aromatic rings. The van der Waals surface area contributed by atoms with Gasteiger partial charge < -0.3 is 10.8 Å². The number of nitrogens with two attached hydrogens (primary N) is 1. The highest BCUT2D eigenvalue weighted by atomic mass is 16.3. The standard InChI is InChI=1S/C6H14N2O/c1-6(2,9)4-5(7)8-3/h9H,4H2,1-3H3,(H2,7,8). The van der Waals surface area contributed by atoms with E-state index in [0.717, 1.165) is 0 Å². The summed E-state index contributed by atoms with van der Waals surface area (Å²) in [5, 5.41) is 9.16. The zero-order chi connectivity index (χ0) is 7.49. The number of amidine groups is 1. The van der Waals surface area contributed by atoms with Gasteiger partial charge in [0, 0.05) is 13.5 Å². The molecular weight excluding hydrogens is 116 g/mol. The summed E-state index contributed by atoms with van der Waals surface area (Å²) in [6.45, 7) is 3.40. The topological polar surface area (TPSA) is 58.6 Å². The van der Waals surface area contributed by atoms with Crippen molar-refractivity contribution in [2.24, 2.45) is 10.7 Å². The molecule has 54 valence electrons. The summed E-state index contributed by atoms with van der Waals surface area (Å²) in [6, 6.07) is 0. The van der Waals surface area contributed by atoms with Gasteiger partial charge in [0.15, 0.2) is 0 Å². The van der Waals surface area contributed by atoms with Crippen molar-refractivity contribution in [2.75, 3.05) is 7.05 Å². The molecule has 0 aromatic heterocycles. The van der Waals surface area contributed by atoms with Gasteiger partial charge in [0.2, 0.25) is 0 Å². The smallest absolute Gasteiger partial charge is 0.0962 e. The van der Waals surface area contributed by atoms with Crippen LogP contribution in [0, 0.1) is 0 Å². The van der Waals surface area contributed by atoms with E-state index < -0.39 is 5.60 Å². The molecular formula is C6H14N2O. The van der Waals surface area contributed by atoms with E-state index in [1.165, 1.54) is 0 Å². The molecule has 0 rings (SSSR count). The average Bonchev–Trinajstić information content (AvgIpc) is 1.62. The molecule has 0 atom stereocenters. The molecule has 0 aliphatic carbocycles. The molecule has 0 amide bonds. The fraction of sp³-hybridized carbons (Fsp3) is 0.833. The highest BCUT2D eigenvalue weighted by Crippen LogP contribution is 2.05. The summed E-state index contributed by atoms with van der Waals surface area (Å²) in [4.78, 5) is 3.71. The summed E-state index contributed by atoms with van der Waals surface area (Å²) in [5.74, 6) is 0.488. The van der Waals surface area contributed by atoms with Gasteiger partial charge in [-0.05, 0) is 13.8 Å². The number of aliphatic hydroxyl groups is 1. The lowest BCUT2D eigenvalue weighted by Crippen LogP contribution is -2.27. The Kier molecular flexibility index (Phi) is 2.65. The minimum atomic E-state index is -0.733. The van der Waals surface area contributed by atoms with Crippen molar-refractivity contribution in [3.63, 3.8) is 0 Å². The molecule has 0 spiro atoms. The van der Waals surface area contributed by atoms with E-state index in [0.29, 0.717) is 12.3 Å². The molecule has 0 fully saturated rings. The van der Waals surface area contributed by atoms with Gasteiger partial charge in [0.1, 0.15) is 0 Å². The predicted molar refractivity (Wildman–Crippen MR) is 38.5 cm³/mol. The van der Waals surface area contributed by atoms with Crippen LogP contribution in [0.25, 0.3) is 0 Å². The Morgan fingerprint density at radius 2 is 2.11 bits per heavy atom. The van der Waals surface area contributed by atoms with E-state index in [-0.39, 0.29) is 0 Å². The molecule has 9 heavy (non-hydrogen) atoms. The molecule has 3 nitrogen and oxygen atoms in total. The first kappa shape index (κ1) is 8.43. The van der Waals surface area contributed by atoms with E-state index in [9.17, 15) is 0 Å². The fourth-order valence-electron chi connectivity index (χ4n) is 0.522. The molecule has 3 N–H and O–H groups in total. The van der Waals surface area contributed by atoms with Crippen LogP contribution >= 0.6 is 0 Å². The second-order valence-corrected chi connectivity index (χ2v) is 2.70. The first-order valence-electron chi connectivity index (χ1n) is 2.89. The lowest BCUT2D eigenvalue weighted by molar-refractivity contribution is 0.0883. The first-order valence-corrected chi connectivity index (χ1v) is 2.89. The largest absolute Gasteiger partial charge is 0.390 e. The number of hydrogen-bond donors (Lipinski definition) is 2. The minimum Gasteiger partial charge on any atom is -0.390 e. The van der Waals surface area contributed by atoms with Crippen LogP contribution in [0.1, 0.15) is 20.3 Å². The lowest BCUT2D eigenvalue weighted by atomic mass is 10.1. The van der Waals surface area contributed by atoms with Crippen molar-refractivity contribution >= 4 is 5.84 Å². The second-order valence-electron chi connectivity index (χ2n) is 2.70. The van der Waals surface area contributed by atoms with Gasteiger partial charge >= 0.3 is 0 Å². The van der Waals surface area contributed by atoms with Gasteiger partial charge in [-0.15, -0.1) is 0 Å². The molecule has 0 heterocycles. The zero-order valence-electron chi connectivity index (χ0n) is 6.18. The van der Waals surface area contributed by atoms with Crippen molar-refractivity contribution in [1.29, 1.82) is 0 Å². The molecule has 0 saturated carbocycles. The van der Waals surface area contributed by atoms with E-state index >= 15 is 0 Å². The number of hydrogen-bond acceptors (Lipinski definition) is 2. The van der Waals surface area contributed by atoms with Crippen molar-refractivity contribution in [3.05, 3.63) is 0 Å². The Labute approximate surface area is 55.6 Å². The van der Waals surface area contributed by atoms with Crippen LogP contribution in [-0.2, 0) is 0 Å². The fourth-order valence-corrected chi connectivity index (χ4v) is 0.522. The Balaban J connectivity index is 3.75.